The third kappa shape index (κ3) is 5.99. The largest absolute Gasteiger partial charge is 0.314 e. The van der Waals surface area contributed by atoms with E-state index < -0.39 is 0 Å². The molecular weight excluding hydrogens is 182 g/mol. The van der Waals surface area contributed by atoms with Gasteiger partial charge in [-0.05, 0) is 45.6 Å². The van der Waals surface area contributed by atoms with Gasteiger partial charge in [-0.2, -0.15) is 0 Å². The molecule has 0 aliphatic heterocycles. The lowest BCUT2D eigenvalue weighted by molar-refractivity contribution is 0.489. The summed E-state index contributed by atoms with van der Waals surface area (Å²) < 4.78 is 0. The smallest absolute Gasteiger partial charge is 0.00388 e. The molecule has 0 amide bonds. The summed E-state index contributed by atoms with van der Waals surface area (Å²) >= 11 is 0. The van der Waals surface area contributed by atoms with Gasteiger partial charge in [-0.1, -0.05) is 37.8 Å². The van der Waals surface area contributed by atoms with Crippen LogP contribution < -0.4 is 5.32 Å². The highest BCUT2D eigenvalue weighted by Gasteiger charge is 2.05. The predicted molar refractivity (Wildman–Crippen MR) is 68.2 cm³/mol. The van der Waals surface area contributed by atoms with Crippen LogP contribution in [0.15, 0.2) is 11.6 Å². The minimum absolute atomic E-state index is 0.707. The molecule has 0 fully saturated rings. The zero-order valence-electron chi connectivity index (χ0n) is 10.5. The molecule has 0 saturated carbocycles. The van der Waals surface area contributed by atoms with Crippen molar-refractivity contribution in [2.45, 2.75) is 71.3 Å². The molecule has 15 heavy (non-hydrogen) atoms. The molecular formula is C14H27N. The maximum absolute atomic E-state index is 3.63. The van der Waals surface area contributed by atoms with Gasteiger partial charge in [0, 0.05) is 6.04 Å². The maximum atomic E-state index is 3.63. The maximum Gasteiger partial charge on any atom is 0.00388 e. The normalized spacial score (nSPS) is 17.9. The second-order valence-corrected chi connectivity index (χ2v) is 4.86. The fourth-order valence-electron chi connectivity index (χ4n) is 2.25. The first-order valence-electron chi connectivity index (χ1n) is 6.74. The molecule has 1 aliphatic rings. The molecule has 1 aliphatic carbocycles. The molecule has 1 unspecified atom stereocenters. The first-order chi connectivity index (χ1) is 7.33. The second kappa shape index (κ2) is 7.92. The molecule has 1 nitrogen and oxygen atoms in total. The van der Waals surface area contributed by atoms with E-state index in [-0.39, 0.29) is 0 Å². The summed E-state index contributed by atoms with van der Waals surface area (Å²) in [6.07, 6.45) is 13.2. The highest BCUT2D eigenvalue weighted by atomic mass is 14.9. The van der Waals surface area contributed by atoms with Gasteiger partial charge in [0.15, 0.2) is 0 Å². The van der Waals surface area contributed by atoms with Crippen LogP contribution in [-0.2, 0) is 0 Å². The van der Waals surface area contributed by atoms with Crippen molar-refractivity contribution in [1.82, 2.24) is 5.32 Å². The van der Waals surface area contributed by atoms with E-state index >= 15 is 0 Å². The lowest BCUT2D eigenvalue weighted by Gasteiger charge is -2.13. The Hall–Kier alpha value is -0.300. The van der Waals surface area contributed by atoms with Crippen LogP contribution in [0.1, 0.15) is 65.2 Å². The van der Waals surface area contributed by atoms with Gasteiger partial charge in [0.2, 0.25) is 0 Å². The molecule has 1 atom stereocenters. The van der Waals surface area contributed by atoms with Crippen LogP contribution in [0.3, 0.4) is 0 Å². The van der Waals surface area contributed by atoms with Gasteiger partial charge >= 0.3 is 0 Å². The quantitative estimate of drug-likeness (QED) is 0.470. The first-order valence-corrected chi connectivity index (χ1v) is 6.74. The molecule has 0 aromatic rings. The average Bonchev–Trinajstić information content (AvgIpc) is 2.71. The minimum atomic E-state index is 0.707. The molecule has 0 radical (unpaired) electrons. The number of hydrogen-bond donors (Lipinski definition) is 1. The first kappa shape index (κ1) is 12.8. The summed E-state index contributed by atoms with van der Waals surface area (Å²) in [7, 11) is 0. The van der Waals surface area contributed by atoms with Crippen LogP contribution in [0.5, 0.6) is 0 Å². The molecule has 0 aromatic heterocycles. The van der Waals surface area contributed by atoms with Crippen molar-refractivity contribution in [2.24, 2.45) is 0 Å². The lowest BCUT2D eigenvalue weighted by atomic mass is 10.1. The number of nitrogens with one attached hydrogen (secondary N) is 1. The topological polar surface area (TPSA) is 12.0 Å². The Kier molecular flexibility index (Phi) is 6.74. The van der Waals surface area contributed by atoms with E-state index in [1.54, 1.807) is 5.57 Å². The highest BCUT2D eigenvalue weighted by molar-refractivity contribution is 5.07. The SMILES string of the molecule is CCCCCC(C)NCCC1=CCCC1. The van der Waals surface area contributed by atoms with E-state index in [2.05, 4.69) is 25.2 Å². The lowest BCUT2D eigenvalue weighted by Crippen LogP contribution is -2.27. The highest BCUT2D eigenvalue weighted by Crippen LogP contribution is 2.19. The summed E-state index contributed by atoms with van der Waals surface area (Å²) in [6.45, 7) is 5.77. The summed E-state index contributed by atoms with van der Waals surface area (Å²) in [4.78, 5) is 0. The molecule has 1 rings (SSSR count). The summed E-state index contributed by atoms with van der Waals surface area (Å²) in [5.74, 6) is 0. The van der Waals surface area contributed by atoms with E-state index in [1.165, 1.54) is 57.9 Å². The molecule has 0 saturated heterocycles. The summed E-state index contributed by atoms with van der Waals surface area (Å²) in [5, 5.41) is 3.63. The van der Waals surface area contributed by atoms with Gasteiger partial charge in [0.25, 0.3) is 0 Å². The van der Waals surface area contributed by atoms with E-state index in [1.807, 2.05) is 0 Å². The van der Waals surface area contributed by atoms with Crippen molar-refractivity contribution in [2.75, 3.05) is 6.54 Å². The van der Waals surface area contributed by atoms with Gasteiger partial charge in [0.1, 0.15) is 0 Å². The van der Waals surface area contributed by atoms with Gasteiger partial charge in [-0.25, -0.2) is 0 Å². The molecule has 0 spiro atoms. The Morgan fingerprint density at radius 3 is 2.93 bits per heavy atom. The summed E-state index contributed by atoms with van der Waals surface area (Å²) in [5.41, 5.74) is 1.68. The molecule has 1 heteroatoms. The number of rotatable bonds is 8. The zero-order chi connectivity index (χ0) is 10.9. The Bertz CT molecular complexity index is 184. The predicted octanol–water partition coefficient (Wildman–Crippen LogP) is 4.05. The van der Waals surface area contributed by atoms with Crippen LogP contribution in [0, 0.1) is 0 Å². The zero-order valence-corrected chi connectivity index (χ0v) is 10.5. The van der Waals surface area contributed by atoms with Crippen molar-refractivity contribution in [1.29, 1.82) is 0 Å². The van der Waals surface area contributed by atoms with Gasteiger partial charge in [0.05, 0.1) is 0 Å². The Morgan fingerprint density at radius 2 is 2.27 bits per heavy atom. The van der Waals surface area contributed by atoms with Crippen LogP contribution >= 0.6 is 0 Å². The standard InChI is InChI=1S/C14H27N/c1-3-4-5-8-13(2)15-12-11-14-9-6-7-10-14/h9,13,15H,3-8,10-12H2,1-2H3. The molecule has 1 N–H and O–H groups in total. The van der Waals surface area contributed by atoms with E-state index in [9.17, 15) is 0 Å². The fraction of sp³-hybridized carbons (Fsp3) is 0.857. The van der Waals surface area contributed by atoms with Crippen LogP contribution in [0.4, 0.5) is 0 Å². The van der Waals surface area contributed by atoms with Gasteiger partial charge in [-0.3, -0.25) is 0 Å². The van der Waals surface area contributed by atoms with Crippen LogP contribution in [0.2, 0.25) is 0 Å². The molecule has 0 bridgehead atoms. The van der Waals surface area contributed by atoms with E-state index in [0.29, 0.717) is 6.04 Å². The van der Waals surface area contributed by atoms with Crippen molar-refractivity contribution in [3.63, 3.8) is 0 Å². The molecule has 0 heterocycles. The minimum Gasteiger partial charge on any atom is -0.314 e. The molecule has 0 aromatic carbocycles. The summed E-state index contributed by atoms with van der Waals surface area (Å²) in [6, 6.07) is 0.707. The monoisotopic (exact) mass is 209 g/mol. The fourth-order valence-corrected chi connectivity index (χ4v) is 2.25. The van der Waals surface area contributed by atoms with Gasteiger partial charge in [-0.15, -0.1) is 0 Å². The van der Waals surface area contributed by atoms with Crippen molar-refractivity contribution in [3.05, 3.63) is 11.6 Å². The average molecular weight is 209 g/mol. The number of hydrogen-bond acceptors (Lipinski definition) is 1. The Labute approximate surface area is 95.3 Å². The molecule has 88 valence electrons. The number of allylic oxidation sites excluding steroid dienone is 1. The van der Waals surface area contributed by atoms with Crippen molar-refractivity contribution < 1.29 is 0 Å². The Morgan fingerprint density at radius 1 is 1.40 bits per heavy atom. The van der Waals surface area contributed by atoms with Gasteiger partial charge < -0.3 is 5.32 Å². The number of unbranched alkanes of at least 4 members (excludes halogenated alkanes) is 2. The Balaban J connectivity index is 1.94. The van der Waals surface area contributed by atoms with E-state index in [0.717, 1.165) is 0 Å². The second-order valence-electron chi connectivity index (χ2n) is 4.86. The van der Waals surface area contributed by atoms with E-state index in [4.69, 9.17) is 0 Å². The third-order valence-corrected chi connectivity index (χ3v) is 3.31. The van der Waals surface area contributed by atoms with Crippen molar-refractivity contribution in [3.8, 4) is 0 Å². The van der Waals surface area contributed by atoms with Crippen LogP contribution in [-0.4, -0.2) is 12.6 Å². The van der Waals surface area contributed by atoms with Crippen LogP contribution in [0.25, 0.3) is 0 Å². The third-order valence-electron chi connectivity index (χ3n) is 3.31. The van der Waals surface area contributed by atoms with Crippen molar-refractivity contribution >= 4 is 0 Å².